The Hall–Kier alpha value is -2.62. The van der Waals surface area contributed by atoms with Gasteiger partial charge in [0.1, 0.15) is 5.71 Å². The van der Waals surface area contributed by atoms with Gasteiger partial charge in [-0.2, -0.15) is 5.10 Å². The number of halogens is 2. The van der Waals surface area contributed by atoms with E-state index >= 15 is 0 Å². The van der Waals surface area contributed by atoms with E-state index in [4.69, 9.17) is 28.2 Å². The zero-order chi connectivity index (χ0) is 17.2. The van der Waals surface area contributed by atoms with Gasteiger partial charge in [0.2, 0.25) is 0 Å². The van der Waals surface area contributed by atoms with Gasteiger partial charge in [0.05, 0.1) is 5.69 Å². The average molecular weight is 366 g/mol. The normalized spacial score (nSPS) is 13.2. The van der Waals surface area contributed by atoms with Gasteiger partial charge >= 0.3 is 0 Å². The molecule has 0 saturated heterocycles. The summed E-state index contributed by atoms with van der Waals surface area (Å²) in [4.78, 5) is 4.75. The molecule has 122 valence electrons. The lowest BCUT2D eigenvalue weighted by Crippen LogP contribution is -2.19. The average Bonchev–Trinajstić information content (AvgIpc) is 2.82. The van der Waals surface area contributed by atoms with Crippen molar-refractivity contribution in [3.05, 3.63) is 99.5 Å². The molecule has 0 aliphatic carbocycles. The highest BCUT2D eigenvalue weighted by Gasteiger charge is 2.17. The maximum atomic E-state index is 6.21. The molecule has 25 heavy (non-hydrogen) atoms. The van der Waals surface area contributed by atoms with Crippen molar-refractivity contribution in [1.82, 2.24) is 5.43 Å². The molecule has 0 fully saturated rings. The topological polar surface area (TPSA) is 36.8 Å². The Morgan fingerprint density at radius 2 is 1.44 bits per heavy atom. The number of fused-ring (bicyclic) bond motifs is 1. The van der Waals surface area contributed by atoms with Crippen LogP contribution in [-0.4, -0.2) is 11.5 Å². The van der Waals surface area contributed by atoms with Crippen LogP contribution in [0.25, 0.3) is 0 Å². The fourth-order valence-corrected chi connectivity index (χ4v) is 2.96. The van der Waals surface area contributed by atoms with Crippen LogP contribution >= 0.6 is 23.2 Å². The van der Waals surface area contributed by atoms with Crippen molar-refractivity contribution < 1.29 is 0 Å². The van der Waals surface area contributed by atoms with E-state index in [9.17, 15) is 0 Å². The van der Waals surface area contributed by atoms with Gasteiger partial charge in [-0.25, -0.2) is 4.99 Å². The predicted octanol–water partition coefficient (Wildman–Crippen LogP) is 5.43. The van der Waals surface area contributed by atoms with Crippen molar-refractivity contribution in [2.75, 3.05) is 0 Å². The van der Waals surface area contributed by atoms with Crippen molar-refractivity contribution in [2.24, 2.45) is 10.1 Å². The number of hydrogen-bond donors (Lipinski definition) is 1. The molecule has 1 aliphatic rings. The van der Waals surface area contributed by atoms with Crippen LogP contribution in [0.4, 0.5) is 5.69 Å². The Bertz CT molecular complexity index is 978. The molecule has 0 unspecified atom stereocenters. The Morgan fingerprint density at radius 1 is 0.720 bits per heavy atom. The van der Waals surface area contributed by atoms with E-state index in [2.05, 4.69) is 10.5 Å². The van der Waals surface area contributed by atoms with Crippen molar-refractivity contribution in [3.63, 3.8) is 0 Å². The molecule has 0 radical (unpaired) electrons. The molecular weight excluding hydrogens is 353 g/mol. The van der Waals surface area contributed by atoms with E-state index in [1.807, 2.05) is 72.8 Å². The van der Waals surface area contributed by atoms with Gasteiger partial charge in [0.15, 0.2) is 5.84 Å². The summed E-state index contributed by atoms with van der Waals surface area (Å²) in [5.41, 5.74) is 7.47. The molecule has 4 rings (SSSR count). The third-order valence-electron chi connectivity index (χ3n) is 3.88. The summed E-state index contributed by atoms with van der Waals surface area (Å²) in [6, 6.07) is 23.1. The number of hydrogen-bond acceptors (Lipinski definition) is 3. The van der Waals surface area contributed by atoms with E-state index < -0.39 is 0 Å². The van der Waals surface area contributed by atoms with E-state index in [0.717, 1.165) is 28.1 Å². The second kappa shape index (κ2) is 6.71. The zero-order valence-corrected chi connectivity index (χ0v) is 14.6. The Balaban J connectivity index is 1.87. The molecule has 3 nitrogen and oxygen atoms in total. The third-order valence-corrected chi connectivity index (χ3v) is 4.37. The van der Waals surface area contributed by atoms with Crippen molar-refractivity contribution in [1.29, 1.82) is 0 Å². The second-order valence-corrected chi connectivity index (χ2v) is 6.44. The minimum atomic E-state index is 0.646. The Morgan fingerprint density at radius 3 is 2.20 bits per heavy atom. The lowest BCUT2D eigenvalue weighted by Gasteiger charge is -2.07. The molecule has 3 aromatic rings. The minimum absolute atomic E-state index is 0.646. The van der Waals surface area contributed by atoms with Gasteiger partial charge in [0, 0.05) is 26.7 Å². The molecule has 5 heteroatoms. The lowest BCUT2D eigenvalue weighted by atomic mass is 10.0. The summed E-state index contributed by atoms with van der Waals surface area (Å²) in [6.07, 6.45) is 0. The number of nitrogens with zero attached hydrogens (tertiary/aromatic N) is 2. The van der Waals surface area contributed by atoms with Crippen LogP contribution in [0.5, 0.6) is 0 Å². The predicted molar refractivity (Wildman–Crippen MR) is 104 cm³/mol. The minimum Gasteiger partial charge on any atom is -0.260 e. The molecule has 1 N–H and O–H groups in total. The monoisotopic (exact) mass is 365 g/mol. The number of rotatable bonds is 2. The van der Waals surface area contributed by atoms with Crippen LogP contribution in [0.15, 0.2) is 82.9 Å². The van der Waals surface area contributed by atoms with E-state index in [0.29, 0.717) is 15.9 Å². The molecule has 0 aromatic heterocycles. The summed E-state index contributed by atoms with van der Waals surface area (Å²) in [7, 11) is 0. The number of hydrazone groups is 1. The first-order valence-electron chi connectivity index (χ1n) is 7.74. The summed E-state index contributed by atoms with van der Waals surface area (Å²) >= 11 is 12.2. The summed E-state index contributed by atoms with van der Waals surface area (Å²) in [5.74, 6) is 0.658. The van der Waals surface area contributed by atoms with Crippen molar-refractivity contribution in [2.45, 2.75) is 0 Å². The zero-order valence-electron chi connectivity index (χ0n) is 13.1. The molecule has 0 spiro atoms. The smallest absolute Gasteiger partial charge is 0.154 e. The summed E-state index contributed by atoms with van der Waals surface area (Å²) in [5, 5.41) is 5.93. The van der Waals surface area contributed by atoms with Crippen LogP contribution in [-0.2, 0) is 0 Å². The van der Waals surface area contributed by atoms with Gasteiger partial charge in [-0.05, 0) is 42.5 Å². The summed E-state index contributed by atoms with van der Waals surface area (Å²) < 4.78 is 0. The van der Waals surface area contributed by atoms with E-state index in [1.165, 1.54) is 0 Å². The first-order valence-corrected chi connectivity index (χ1v) is 8.50. The first kappa shape index (κ1) is 15.9. The molecule has 0 atom stereocenters. The molecular formula is C20H13Cl2N3. The van der Waals surface area contributed by atoms with E-state index in [-0.39, 0.29) is 0 Å². The van der Waals surface area contributed by atoms with Gasteiger partial charge < -0.3 is 0 Å². The maximum absolute atomic E-state index is 6.21. The fourth-order valence-electron chi connectivity index (χ4n) is 2.66. The van der Waals surface area contributed by atoms with Crippen LogP contribution in [0.3, 0.4) is 0 Å². The third kappa shape index (κ3) is 3.29. The second-order valence-electron chi connectivity index (χ2n) is 5.57. The van der Waals surface area contributed by atoms with Crippen LogP contribution < -0.4 is 5.43 Å². The highest BCUT2D eigenvalue weighted by molar-refractivity contribution is 6.32. The molecule has 0 amide bonds. The highest BCUT2D eigenvalue weighted by atomic mass is 35.5. The standard InChI is InChI=1S/C20H13Cl2N3/c21-15-8-6-14(7-9-15)20-23-18-11-10-16(22)12-17(18)19(24-25-20)13-4-2-1-3-5-13/h1-12H,(H,23,25). The van der Waals surface area contributed by atoms with Gasteiger partial charge in [0.25, 0.3) is 0 Å². The number of amidine groups is 1. The Labute approximate surface area is 155 Å². The molecule has 0 bridgehead atoms. The van der Waals surface area contributed by atoms with Gasteiger partial charge in [-0.15, -0.1) is 0 Å². The van der Waals surface area contributed by atoms with Crippen LogP contribution in [0, 0.1) is 0 Å². The number of benzene rings is 3. The van der Waals surface area contributed by atoms with Gasteiger partial charge in [-0.3, -0.25) is 5.43 Å². The summed E-state index contributed by atoms with van der Waals surface area (Å²) in [6.45, 7) is 0. The quantitative estimate of drug-likeness (QED) is 0.645. The lowest BCUT2D eigenvalue weighted by molar-refractivity contribution is 1.03. The first-order chi connectivity index (χ1) is 12.2. The maximum Gasteiger partial charge on any atom is 0.154 e. The van der Waals surface area contributed by atoms with Crippen LogP contribution in [0.1, 0.15) is 16.7 Å². The molecule has 3 aromatic carbocycles. The molecule has 1 aliphatic heterocycles. The molecule has 1 heterocycles. The largest absolute Gasteiger partial charge is 0.260 e. The highest BCUT2D eigenvalue weighted by Crippen LogP contribution is 2.28. The van der Waals surface area contributed by atoms with Crippen LogP contribution in [0.2, 0.25) is 10.0 Å². The Kier molecular flexibility index (Phi) is 4.26. The fraction of sp³-hybridized carbons (Fsp3) is 0. The van der Waals surface area contributed by atoms with Crippen molar-refractivity contribution in [3.8, 4) is 0 Å². The van der Waals surface area contributed by atoms with E-state index in [1.54, 1.807) is 0 Å². The van der Waals surface area contributed by atoms with Crippen molar-refractivity contribution >= 4 is 40.4 Å². The number of aliphatic imine (C=N–C) groups is 1. The number of nitrogens with one attached hydrogen (secondary N) is 1. The SMILES string of the molecule is Clc1ccc(C2=Nc3ccc(Cl)cc3C(c3ccccc3)=NN2)cc1. The van der Waals surface area contributed by atoms with Gasteiger partial charge in [-0.1, -0.05) is 53.5 Å². The molecule has 0 saturated carbocycles.